The summed E-state index contributed by atoms with van der Waals surface area (Å²) in [4.78, 5) is 6.78. The third kappa shape index (κ3) is 9.61. The first-order valence-electron chi connectivity index (χ1n) is 11.2. The largest absolute Gasteiger partial charge is 0.379 e. The van der Waals surface area contributed by atoms with Crippen LogP contribution >= 0.6 is 24.0 Å². The summed E-state index contributed by atoms with van der Waals surface area (Å²) in [6, 6.07) is 8.84. The number of ether oxygens (including phenoxy) is 3. The Morgan fingerprint density at radius 3 is 2.48 bits per heavy atom. The first-order chi connectivity index (χ1) is 14.6. The van der Waals surface area contributed by atoms with Crippen LogP contribution in [0.2, 0.25) is 0 Å². The Kier molecular flexibility index (Phi) is 12.1. The molecule has 7 nitrogen and oxygen atoms in total. The van der Waals surface area contributed by atoms with E-state index in [0.717, 1.165) is 71.3 Å². The molecule has 0 saturated carbocycles. The number of guanidine groups is 1. The van der Waals surface area contributed by atoms with E-state index >= 15 is 0 Å². The highest BCUT2D eigenvalue weighted by molar-refractivity contribution is 14.0. The van der Waals surface area contributed by atoms with Gasteiger partial charge in [-0.1, -0.05) is 24.3 Å². The molecular formula is C23H39IN4O3. The molecule has 0 radical (unpaired) electrons. The molecule has 2 saturated heterocycles. The van der Waals surface area contributed by atoms with E-state index < -0.39 is 0 Å². The van der Waals surface area contributed by atoms with Gasteiger partial charge in [-0.2, -0.15) is 0 Å². The molecule has 0 amide bonds. The highest BCUT2D eigenvalue weighted by Crippen LogP contribution is 2.15. The highest BCUT2D eigenvalue weighted by Gasteiger charge is 2.22. The molecule has 176 valence electrons. The standard InChI is InChI=1S/C23H38N4O3.HI/c1-18-14-27(15-19(2)30-18)16-21-7-5-20(6-8-21)13-26-23(24-3)25-10-4-11-29-22-9-12-28-17-22;/h5-8,18-19,22H,4,9-17H2,1-3H3,(H2,24,25,26);1H. The summed E-state index contributed by atoms with van der Waals surface area (Å²) in [5, 5.41) is 6.73. The number of halogens is 1. The van der Waals surface area contributed by atoms with E-state index in [4.69, 9.17) is 14.2 Å². The number of benzene rings is 1. The topological polar surface area (TPSA) is 67.4 Å². The molecule has 3 atom stereocenters. The van der Waals surface area contributed by atoms with Crippen molar-refractivity contribution in [3.63, 3.8) is 0 Å². The smallest absolute Gasteiger partial charge is 0.191 e. The van der Waals surface area contributed by atoms with Crippen LogP contribution < -0.4 is 10.6 Å². The van der Waals surface area contributed by atoms with Crippen LogP contribution in [0.4, 0.5) is 0 Å². The molecule has 8 heteroatoms. The van der Waals surface area contributed by atoms with Crippen LogP contribution in [0, 0.1) is 0 Å². The van der Waals surface area contributed by atoms with Gasteiger partial charge in [0.1, 0.15) is 0 Å². The number of aliphatic imine (C=N–C) groups is 1. The minimum atomic E-state index is 0. The van der Waals surface area contributed by atoms with Gasteiger partial charge in [-0.25, -0.2) is 0 Å². The molecule has 2 heterocycles. The van der Waals surface area contributed by atoms with Gasteiger partial charge in [-0.15, -0.1) is 24.0 Å². The van der Waals surface area contributed by atoms with Crippen LogP contribution in [0.15, 0.2) is 29.3 Å². The molecule has 0 aromatic heterocycles. The molecule has 0 bridgehead atoms. The Balaban J connectivity index is 0.00000341. The quantitative estimate of drug-likeness (QED) is 0.215. The summed E-state index contributed by atoms with van der Waals surface area (Å²) in [6.07, 6.45) is 2.85. The van der Waals surface area contributed by atoms with Crippen LogP contribution in [0.1, 0.15) is 37.8 Å². The number of hydrogen-bond acceptors (Lipinski definition) is 5. The van der Waals surface area contributed by atoms with E-state index in [1.54, 1.807) is 7.05 Å². The minimum Gasteiger partial charge on any atom is -0.379 e. The van der Waals surface area contributed by atoms with Crippen molar-refractivity contribution in [2.75, 3.05) is 46.5 Å². The van der Waals surface area contributed by atoms with Gasteiger partial charge < -0.3 is 24.8 Å². The Labute approximate surface area is 204 Å². The van der Waals surface area contributed by atoms with Crippen molar-refractivity contribution in [1.82, 2.24) is 15.5 Å². The van der Waals surface area contributed by atoms with Crippen LogP contribution in [0.25, 0.3) is 0 Å². The van der Waals surface area contributed by atoms with Crippen LogP contribution in [-0.4, -0.2) is 75.7 Å². The average molecular weight is 546 g/mol. The fraction of sp³-hybridized carbons (Fsp3) is 0.696. The van der Waals surface area contributed by atoms with Gasteiger partial charge in [-0.05, 0) is 37.8 Å². The van der Waals surface area contributed by atoms with E-state index in [-0.39, 0.29) is 30.1 Å². The van der Waals surface area contributed by atoms with Gasteiger partial charge in [0.25, 0.3) is 0 Å². The summed E-state index contributed by atoms with van der Waals surface area (Å²) >= 11 is 0. The van der Waals surface area contributed by atoms with Gasteiger partial charge in [0.15, 0.2) is 5.96 Å². The molecule has 1 aromatic carbocycles. The number of nitrogens with one attached hydrogen (secondary N) is 2. The Morgan fingerprint density at radius 2 is 1.84 bits per heavy atom. The summed E-state index contributed by atoms with van der Waals surface area (Å²) in [6.45, 7) is 11.2. The highest BCUT2D eigenvalue weighted by atomic mass is 127. The second-order valence-electron chi connectivity index (χ2n) is 8.33. The Hall–Kier alpha value is -0.940. The first kappa shape index (κ1) is 26.3. The maximum Gasteiger partial charge on any atom is 0.191 e. The van der Waals surface area contributed by atoms with Crippen molar-refractivity contribution in [3.8, 4) is 0 Å². The lowest BCUT2D eigenvalue weighted by atomic mass is 10.1. The lowest BCUT2D eigenvalue weighted by Crippen LogP contribution is -2.44. The predicted octanol–water partition coefficient (Wildman–Crippen LogP) is 2.77. The molecule has 2 fully saturated rings. The predicted molar refractivity (Wildman–Crippen MR) is 135 cm³/mol. The van der Waals surface area contributed by atoms with Gasteiger partial charge >= 0.3 is 0 Å². The van der Waals surface area contributed by atoms with Crippen LogP contribution in [0.3, 0.4) is 0 Å². The monoisotopic (exact) mass is 546 g/mol. The molecule has 2 N–H and O–H groups in total. The third-order valence-electron chi connectivity index (χ3n) is 5.46. The van der Waals surface area contributed by atoms with Gasteiger partial charge in [-0.3, -0.25) is 9.89 Å². The fourth-order valence-corrected chi connectivity index (χ4v) is 4.01. The number of morpholine rings is 1. The zero-order valence-corrected chi connectivity index (χ0v) is 21.5. The van der Waals surface area contributed by atoms with E-state index in [1.807, 2.05) is 0 Å². The van der Waals surface area contributed by atoms with Crippen LogP contribution in [-0.2, 0) is 27.3 Å². The molecule has 0 spiro atoms. The van der Waals surface area contributed by atoms with Crippen molar-refractivity contribution in [1.29, 1.82) is 0 Å². The average Bonchev–Trinajstić information content (AvgIpc) is 3.24. The van der Waals surface area contributed by atoms with E-state index in [2.05, 4.69) is 58.6 Å². The van der Waals surface area contributed by atoms with Gasteiger partial charge in [0.2, 0.25) is 0 Å². The second kappa shape index (κ2) is 14.3. The van der Waals surface area contributed by atoms with Crippen LogP contribution in [0.5, 0.6) is 0 Å². The molecule has 0 aliphatic carbocycles. The van der Waals surface area contributed by atoms with Crippen molar-refractivity contribution in [2.45, 2.75) is 58.1 Å². The van der Waals surface area contributed by atoms with Crippen molar-refractivity contribution >= 4 is 29.9 Å². The summed E-state index contributed by atoms with van der Waals surface area (Å²) in [7, 11) is 1.80. The first-order valence-corrected chi connectivity index (χ1v) is 11.2. The lowest BCUT2D eigenvalue weighted by Gasteiger charge is -2.35. The number of nitrogens with zero attached hydrogens (tertiary/aromatic N) is 2. The second-order valence-corrected chi connectivity index (χ2v) is 8.33. The molecule has 2 aliphatic heterocycles. The van der Waals surface area contributed by atoms with Crippen molar-refractivity contribution in [2.24, 2.45) is 4.99 Å². The Bertz CT molecular complexity index is 643. The zero-order chi connectivity index (χ0) is 21.2. The third-order valence-corrected chi connectivity index (χ3v) is 5.46. The summed E-state index contributed by atoms with van der Waals surface area (Å²) in [5.41, 5.74) is 2.59. The molecule has 31 heavy (non-hydrogen) atoms. The maximum atomic E-state index is 5.82. The molecule has 1 aromatic rings. The maximum absolute atomic E-state index is 5.82. The molecule has 3 unspecified atom stereocenters. The Morgan fingerprint density at radius 1 is 1.13 bits per heavy atom. The van der Waals surface area contributed by atoms with E-state index in [1.165, 1.54) is 11.1 Å². The lowest BCUT2D eigenvalue weighted by molar-refractivity contribution is -0.0704. The van der Waals surface area contributed by atoms with Gasteiger partial charge in [0, 0.05) is 53.0 Å². The zero-order valence-electron chi connectivity index (χ0n) is 19.1. The SMILES string of the molecule is CN=C(NCCCOC1CCOC1)NCc1ccc(CN2CC(C)OC(C)C2)cc1.I. The normalized spacial score (nSPS) is 24.6. The van der Waals surface area contributed by atoms with E-state index in [9.17, 15) is 0 Å². The minimum absolute atomic E-state index is 0. The van der Waals surface area contributed by atoms with Crippen molar-refractivity contribution in [3.05, 3.63) is 35.4 Å². The molecule has 2 aliphatic rings. The number of hydrogen-bond donors (Lipinski definition) is 2. The fourth-order valence-electron chi connectivity index (χ4n) is 4.01. The summed E-state index contributed by atoms with van der Waals surface area (Å²) in [5.74, 6) is 0.819. The van der Waals surface area contributed by atoms with E-state index in [0.29, 0.717) is 12.2 Å². The summed E-state index contributed by atoms with van der Waals surface area (Å²) < 4.78 is 16.9. The van der Waals surface area contributed by atoms with Gasteiger partial charge in [0.05, 0.1) is 24.9 Å². The number of rotatable bonds is 9. The molecule has 3 rings (SSSR count). The van der Waals surface area contributed by atoms with Crippen molar-refractivity contribution < 1.29 is 14.2 Å². The molecular weight excluding hydrogens is 507 g/mol.